The van der Waals surface area contributed by atoms with Crippen molar-refractivity contribution in [3.05, 3.63) is 85.2 Å². The molecule has 0 atom stereocenters. The number of hydrogen-bond donors (Lipinski definition) is 0. The summed E-state index contributed by atoms with van der Waals surface area (Å²) in [6.07, 6.45) is 3.50. The van der Waals surface area contributed by atoms with Crippen LogP contribution in [0.2, 0.25) is 0 Å². The van der Waals surface area contributed by atoms with E-state index in [0.717, 1.165) is 33.9 Å². The summed E-state index contributed by atoms with van der Waals surface area (Å²) in [5.74, 6) is 0. The Morgan fingerprint density at radius 1 is 0.688 bits per heavy atom. The Balaban J connectivity index is 1.78. The van der Waals surface area contributed by atoms with E-state index < -0.39 is 7.60 Å². The maximum atomic E-state index is 13.1. The smallest absolute Gasteiger partial charge is 0.305 e. The molecule has 0 fully saturated rings. The van der Waals surface area contributed by atoms with E-state index >= 15 is 0 Å². The molecule has 0 saturated heterocycles. The van der Waals surface area contributed by atoms with Gasteiger partial charge >= 0.3 is 7.60 Å². The molecule has 1 aromatic carbocycles. The maximum absolute atomic E-state index is 13.1. The van der Waals surface area contributed by atoms with Crippen molar-refractivity contribution in [2.45, 2.75) is 13.8 Å². The molecule has 32 heavy (non-hydrogen) atoms. The Kier molecular flexibility index (Phi) is 6.86. The van der Waals surface area contributed by atoms with Gasteiger partial charge in [0.1, 0.15) is 0 Å². The second-order valence-electron chi connectivity index (χ2n) is 6.94. The van der Waals surface area contributed by atoms with E-state index in [9.17, 15) is 4.57 Å². The Bertz CT molecular complexity index is 1150. The summed E-state index contributed by atoms with van der Waals surface area (Å²) in [6.45, 7) is 4.22. The summed E-state index contributed by atoms with van der Waals surface area (Å²) in [7, 11) is -3.33. The van der Waals surface area contributed by atoms with Gasteiger partial charge in [-0.15, -0.1) is 0 Å². The molecule has 0 spiro atoms. The highest BCUT2D eigenvalue weighted by atomic mass is 31.2. The van der Waals surface area contributed by atoms with Crippen LogP contribution in [0.25, 0.3) is 33.9 Å². The fourth-order valence-electron chi connectivity index (χ4n) is 3.35. The number of rotatable bonds is 8. The molecule has 162 valence electrons. The Labute approximate surface area is 187 Å². The summed E-state index contributed by atoms with van der Waals surface area (Å²) in [4.78, 5) is 13.7. The molecule has 4 aromatic rings. The molecule has 6 nitrogen and oxygen atoms in total. The molecule has 0 aliphatic heterocycles. The first kappa shape index (κ1) is 22.0. The third-order valence-corrected chi connectivity index (χ3v) is 6.92. The SMILES string of the molecule is CCOP(=O)(OCC)c1ccc(-c2cc(-c3ccccn3)nc(-c3ccccn3)c2)cc1. The summed E-state index contributed by atoms with van der Waals surface area (Å²) < 4.78 is 24.0. The first-order valence-corrected chi connectivity index (χ1v) is 12.0. The van der Waals surface area contributed by atoms with E-state index in [1.165, 1.54) is 0 Å². The van der Waals surface area contributed by atoms with E-state index in [1.54, 1.807) is 38.4 Å². The lowest BCUT2D eigenvalue weighted by Crippen LogP contribution is -2.10. The minimum atomic E-state index is -3.33. The van der Waals surface area contributed by atoms with Crippen LogP contribution in [0.4, 0.5) is 0 Å². The van der Waals surface area contributed by atoms with E-state index in [0.29, 0.717) is 18.5 Å². The monoisotopic (exact) mass is 445 g/mol. The summed E-state index contributed by atoms with van der Waals surface area (Å²) in [6, 6.07) is 22.9. The van der Waals surface area contributed by atoms with E-state index in [1.807, 2.05) is 60.7 Å². The van der Waals surface area contributed by atoms with Crippen molar-refractivity contribution in [2.24, 2.45) is 0 Å². The van der Waals surface area contributed by atoms with Crippen LogP contribution in [0, 0.1) is 0 Å². The lowest BCUT2D eigenvalue weighted by Gasteiger charge is -2.17. The largest absolute Gasteiger partial charge is 0.361 e. The van der Waals surface area contributed by atoms with Crippen LogP contribution in [0.5, 0.6) is 0 Å². The number of nitrogens with zero attached hydrogens (tertiary/aromatic N) is 3. The zero-order chi connectivity index (χ0) is 22.4. The topological polar surface area (TPSA) is 74.2 Å². The lowest BCUT2D eigenvalue weighted by atomic mass is 10.0. The second kappa shape index (κ2) is 9.96. The Hall–Kier alpha value is -3.18. The molecule has 3 aromatic heterocycles. The predicted octanol–water partition coefficient (Wildman–Crippen LogP) is 5.76. The van der Waals surface area contributed by atoms with Crippen LogP contribution in [0.15, 0.2) is 85.2 Å². The van der Waals surface area contributed by atoms with Gasteiger partial charge in [-0.3, -0.25) is 14.5 Å². The first-order chi connectivity index (χ1) is 15.6. The average molecular weight is 445 g/mol. The quantitative estimate of drug-likeness (QED) is 0.321. The van der Waals surface area contributed by atoms with Gasteiger partial charge in [0.2, 0.25) is 0 Å². The van der Waals surface area contributed by atoms with Crippen molar-refractivity contribution in [3.8, 4) is 33.9 Å². The minimum Gasteiger partial charge on any atom is -0.305 e. The standard InChI is InChI=1S/C25H24N3O3P/c1-3-30-32(29,31-4-2)21-13-11-19(12-14-21)20-17-24(22-9-5-7-15-26-22)28-25(18-20)23-10-6-8-16-27-23/h5-18H,3-4H2,1-2H3. The third-order valence-electron chi connectivity index (χ3n) is 4.79. The summed E-state index contributed by atoms with van der Waals surface area (Å²) in [5, 5.41) is 0.536. The number of aromatic nitrogens is 3. The van der Waals surface area contributed by atoms with Gasteiger partial charge in [0.15, 0.2) is 0 Å². The molecule has 7 heteroatoms. The van der Waals surface area contributed by atoms with Crippen molar-refractivity contribution in [1.82, 2.24) is 15.0 Å². The fraction of sp³-hybridized carbons (Fsp3) is 0.160. The van der Waals surface area contributed by atoms with Crippen LogP contribution in [-0.4, -0.2) is 28.2 Å². The normalized spacial score (nSPS) is 11.4. The highest BCUT2D eigenvalue weighted by Crippen LogP contribution is 2.47. The minimum absolute atomic E-state index is 0.310. The maximum Gasteiger partial charge on any atom is 0.361 e. The molecule has 0 radical (unpaired) electrons. The van der Waals surface area contributed by atoms with Crippen molar-refractivity contribution >= 4 is 12.9 Å². The van der Waals surface area contributed by atoms with Crippen LogP contribution in [0.1, 0.15) is 13.8 Å². The average Bonchev–Trinajstić information content (AvgIpc) is 2.85. The van der Waals surface area contributed by atoms with Crippen molar-refractivity contribution in [1.29, 1.82) is 0 Å². The lowest BCUT2D eigenvalue weighted by molar-refractivity contribution is 0.230. The molecule has 0 amide bonds. The van der Waals surface area contributed by atoms with Crippen LogP contribution < -0.4 is 5.30 Å². The third kappa shape index (κ3) is 4.83. The molecular formula is C25H24N3O3P. The van der Waals surface area contributed by atoms with Crippen LogP contribution >= 0.6 is 7.60 Å². The molecule has 3 heterocycles. The second-order valence-corrected chi connectivity index (χ2v) is 8.96. The van der Waals surface area contributed by atoms with Gasteiger partial charge < -0.3 is 9.05 Å². The van der Waals surface area contributed by atoms with Gasteiger partial charge in [0.25, 0.3) is 0 Å². The molecule has 0 aliphatic rings. The van der Waals surface area contributed by atoms with E-state index in [2.05, 4.69) is 9.97 Å². The van der Waals surface area contributed by atoms with E-state index in [-0.39, 0.29) is 0 Å². The van der Waals surface area contributed by atoms with E-state index in [4.69, 9.17) is 14.0 Å². The Morgan fingerprint density at radius 2 is 1.22 bits per heavy atom. The Morgan fingerprint density at radius 3 is 1.66 bits per heavy atom. The van der Waals surface area contributed by atoms with Crippen LogP contribution in [0.3, 0.4) is 0 Å². The molecule has 0 N–H and O–H groups in total. The number of hydrogen-bond acceptors (Lipinski definition) is 6. The zero-order valence-corrected chi connectivity index (χ0v) is 18.9. The molecule has 0 aliphatic carbocycles. The molecule has 0 saturated carbocycles. The summed E-state index contributed by atoms with van der Waals surface area (Å²) in [5.41, 5.74) is 4.96. The summed E-state index contributed by atoms with van der Waals surface area (Å²) >= 11 is 0. The highest BCUT2D eigenvalue weighted by molar-refractivity contribution is 7.62. The molecule has 0 unspecified atom stereocenters. The zero-order valence-electron chi connectivity index (χ0n) is 18.0. The van der Waals surface area contributed by atoms with Gasteiger partial charge in [-0.25, -0.2) is 4.98 Å². The van der Waals surface area contributed by atoms with Gasteiger partial charge in [-0.2, -0.15) is 0 Å². The number of pyridine rings is 3. The first-order valence-electron chi connectivity index (χ1n) is 10.5. The van der Waals surface area contributed by atoms with Crippen molar-refractivity contribution in [3.63, 3.8) is 0 Å². The molecular weight excluding hydrogens is 421 g/mol. The van der Waals surface area contributed by atoms with Gasteiger partial charge in [0.05, 0.1) is 41.3 Å². The van der Waals surface area contributed by atoms with Crippen LogP contribution in [-0.2, 0) is 13.6 Å². The molecule has 4 rings (SSSR count). The highest BCUT2D eigenvalue weighted by Gasteiger charge is 2.26. The van der Waals surface area contributed by atoms with Gasteiger partial charge in [-0.05, 0) is 73.5 Å². The van der Waals surface area contributed by atoms with Crippen molar-refractivity contribution < 1.29 is 13.6 Å². The predicted molar refractivity (Wildman–Crippen MR) is 127 cm³/mol. The van der Waals surface area contributed by atoms with Crippen molar-refractivity contribution in [2.75, 3.05) is 13.2 Å². The van der Waals surface area contributed by atoms with Gasteiger partial charge in [-0.1, -0.05) is 24.3 Å². The molecule has 0 bridgehead atoms. The number of benzene rings is 1. The van der Waals surface area contributed by atoms with Gasteiger partial charge in [0, 0.05) is 12.4 Å². The fourth-order valence-corrected chi connectivity index (χ4v) is 4.92.